The molecular weight excluding hydrogens is 643 g/mol. The molecule has 1 aliphatic rings. The van der Waals surface area contributed by atoms with Gasteiger partial charge in [0.25, 0.3) is 0 Å². The van der Waals surface area contributed by atoms with Crippen molar-refractivity contribution in [3.8, 4) is 22.3 Å². The van der Waals surface area contributed by atoms with E-state index in [1.807, 2.05) is 6.07 Å². The third kappa shape index (κ3) is 4.39. The predicted octanol–water partition coefficient (Wildman–Crippen LogP) is 14.5. The quantitative estimate of drug-likeness (QED) is 0.172. The van der Waals surface area contributed by atoms with Crippen molar-refractivity contribution < 1.29 is 4.42 Å². The Labute approximate surface area is 308 Å². The number of para-hydroxylation sites is 1. The van der Waals surface area contributed by atoms with E-state index in [2.05, 4.69) is 189 Å². The zero-order valence-electron chi connectivity index (χ0n) is 29.6. The topological polar surface area (TPSA) is 16.4 Å². The highest BCUT2D eigenvalue weighted by Crippen LogP contribution is 2.51. The molecule has 0 fully saturated rings. The van der Waals surface area contributed by atoms with Crippen LogP contribution in [0.5, 0.6) is 0 Å². The largest absolute Gasteiger partial charge is 0.456 e. The minimum Gasteiger partial charge on any atom is -0.456 e. The predicted molar refractivity (Wildman–Crippen MR) is 224 cm³/mol. The van der Waals surface area contributed by atoms with E-state index in [1.54, 1.807) is 0 Å². The monoisotopic (exact) mass is 677 g/mol. The summed E-state index contributed by atoms with van der Waals surface area (Å²) in [5.74, 6) is 0. The Morgan fingerprint density at radius 2 is 0.962 bits per heavy atom. The zero-order valence-corrected chi connectivity index (χ0v) is 29.6. The molecular formula is C51H35NO. The SMILES string of the molecule is CC1(C)c2ccccc2-c2ccc(N(c3ccc(-c4ccccc4)cc3)c3ccc4c5ccccc5c5c(ccc6oc7ccccc7c65)c4c3)cc21. The fourth-order valence-electron chi connectivity index (χ4n) is 9.10. The second-order valence-corrected chi connectivity index (χ2v) is 14.9. The Morgan fingerprint density at radius 3 is 1.81 bits per heavy atom. The van der Waals surface area contributed by atoms with Crippen LogP contribution in [0.15, 0.2) is 180 Å². The number of hydrogen-bond donors (Lipinski definition) is 0. The van der Waals surface area contributed by atoms with Crippen LogP contribution in [-0.4, -0.2) is 0 Å². The molecule has 10 aromatic rings. The Balaban J connectivity index is 1.17. The molecule has 2 nitrogen and oxygen atoms in total. The molecule has 0 radical (unpaired) electrons. The van der Waals surface area contributed by atoms with Crippen molar-refractivity contribution in [2.24, 2.45) is 0 Å². The van der Waals surface area contributed by atoms with Gasteiger partial charge in [0.2, 0.25) is 0 Å². The van der Waals surface area contributed by atoms with Crippen molar-refractivity contribution in [3.63, 3.8) is 0 Å². The highest BCUT2D eigenvalue weighted by molar-refractivity contribution is 6.34. The lowest BCUT2D eigenvalue weighted by Crippen LogP contribution is -2.16. The Bertz CT molecular complexity index is 3080. The molecule has 11 rings (SSSR count). The summed E-state index contributed by atoms with van der Waals surface area (Å²) in [6, 6.07) is 64.2. The molecule has 0 bridgehead atoms. The Morgan fingerprint density at radius 1 is 0.377 bits per heavy atom. The van der Waals surface area contributed by atoms with E-state index in [4.69, 9.17) is 4.42 Å². The molecule has 0 atom stereocenters. The average molecular weight is 678 g/mol. The number of nitrogens with zero attached hydrogens (tertiary/aromatic N) is 1. The van der Waals surface area contributed by atoms with E-state index in [0.717, 1.165) is 33.6 Å². The van der Waals surface area contributed by atoms with Crippen LogP contribution in [-0.2, 0) is 5.41 Å². The van der Waals surface area contributed by atoms with E-state index < -0.39 is 0 Å². The van der Waals surface area contributed by atoms with Crippen LogP contribution in [0.4, 0.5) is 17.1 Å². The number of furan rings is 1. The molecule has 1 aromatic heterocycles. The minimum absolute atomic E-state index is 0.109. The maximum atomic E-state index is 6.41. The van der Waals surface area contributed by atoms with Gasteiger partial charge in [0.05, 0.1) is 0 Å². The lowest BCUT2D eigenvalue weighted by Gasteiger charge is -2.28. The average Bonchev–Trinajstić information content (AvgIpc) is 3.70. The van der Waals surface area contributed by atoms with Crippen LogP contribution < -0.4 is 4.90 Å². The standard InChI is InChI=1S/C51H35NO/c1-51(2)45-18-10-8-15-39(45)40-27-25-36(31-46(40)51)52(34-22-20-33(21-23-34)32-12-4-3-5-13-32)35-24-26-38-37-14-6-7-16-41(37)49-42(44(38)30-35)28-29-48-50(49)43-17-9-11-19-47(43)53-48/h3-31H,1-2H3. The van der Waals surface area contributed by atoms with Crippen molar-refractivity contribution >= 4 is 71.3 Å². The van der Waals surface area contributed by atoms with Crippen molar-refractivity contribution in [1.82, 2.24) is 0 Å². The van der Waals surface area contributed by atoms with Gasteiger partial charge in [-0.2, -0.15) is 0 Å². The van der Waals surface area contributed by atoms with Crippen LogP contribution >= 0.6 is 0 Å². The summed E-state index contributed by atoms with van der Waals surface area (Å²) >= 11 is 0. The summed E-state index contributed by atoms with van der Waals surface area (Å²) in [4.78, 5) is 2.43. The van der Waals surface area contributed by atoms with E-state index in [1.165, 1.54) is 71.1 Å². The summed E-state index contributed by atoms with van der Waals surface area (Å²) in [6.45, 7) is 4.71. The number of rotatable bonds is 4. The summed E-state index contributed by atoms with van der Waals surface area (Å²) in [5, 5.41) is 9.75. The normalized spacial score (nSPS) is 13.2. The molecule has 0 spiro atoms. The lowest BCUT2D eigenvalue weighted by molar-refractivity contribution is 0.660. The first-order valence-corrected chi connectivity index (χ1v) is 18.4. The number of hydrogen-bond acceptors (Lipinski definition) is 2. The minimum atomic E-state index is -0.109. The van der Waals surface area contributed by atoms with Crippen molar-refractivity contribution in [1.29, 1.82) is 0 Å². The summed E-state index contributed by atoms with van der Waals surface area (Å²) in [5.41, 5.74) is 12.9. The van der Waals surface area contributed by atoms with Gasteiger partial charge < -0.3 is 9.32 Å². The number of anilines is 3. The fourth-order valence-corrected chi connectivity index (χ4v) is 9.10. The molecule has 1 aliphatic carbocycles. The van der Waals surface area contributed by atoms with E-state index >= 15 is 0 Å². The van der Waals surface area contributed by atoms with Gasteiger partial charge >= 0.3 is 0 Å². The third-order valence-corrected chi connectivity index (χ3v) is 11.6. The second kappa shape index (κ2) is 11.2. The second-order valence-electron chi connectivity index (χ2n) is 14.9. The van der Waals surface area contributed by atoms with Gasteiger partial charge in [-0.15, -0.1) is 0 Å². The summed E-state index contributed by atoms with van der Waals surface area (Å²) < 4.78 is 6.41. The maximum absolute atomic E-state index is 6.41. The highest BCUT2D eigenvalue weighted by atomic mass is 16.3. The Hall–Kier alpha value is -6.64. The van der Waals surface area contributed by atoms with E-state index in [9.17, 15) is 0 Å². The van der Waals surface area contributed by atoms with Gasteiger partial charge in [0.15, 0.2) is 0 Å². The van der Waals surface area contributed by atoms with Crippen LogP contribution in [0.25, 0.3) is 76.5 Å². The van der Waals surface area contributed by atoms with Gasteiger partial charge in [0.1, 0.15) is 11.2 Å². The molecule has 0 saturated heterocycles. The molecule has 0 unspecified atom stereocenters. The molecule has 53 heavy (non-hydrogen) atoms. The number of fused-ring (bicyclic) bond motifs is 13. The molecule has 0 aliphatic heterocycles. The molecule has 2 heteroatoms. The molecule has 9 aromatic carbocycles. The van der Waals surface area contributed by atoms with Gasteiger partial charge in [-0.25, -0.2) is 0 Å². The number of benzene rings is 9. The maximum Gasteiger partial charge on any atom is 0.136 e. The van der Waals surface area contributed by atoms with E-state index in [0.29, 0.717) is 0 Å². The first-order chi connectivity index (χ1) is 26.0. The van der Waals surface area contributed by atoms with Gasteiger partial charge in [-0.1, -0.05) is 135 Å². The van der Waals surface area contributed by atoms with Gasteiger partial charge in [-0.05, 0) is 115 Å². The summed E-state index contributed by atoms with van der Waals surface area (Å²) in [7, 11) is 0. The van der Waals surface area contributed by atoms with Gasteiger partial charge in [0, 0.05) is 38.6 Å². The summed E-state index contributed by atoms with van der Waals surface area (Å²) in [6.07, 6.45) is 0. The fraction of sp³-hybridized carbons (Fsp3) is 0.0588. The van der Waals surface area contributed by atoms with E-state index in [-0.39, 0.29) is 5.41 Å². The van der Waals surface area contributed by atoms with Crippen molar-refractivity contribution in [2.75, 3.05) is 4.90 Å². The Kier molecular flexibility index (Phi) is 6.33. The third-order valence-electron chi connectivity index (χ3n) is 11.6. The van der Waals surface area contributed by atoms with Gasteiger partial charge in [-0.3, -0.25) is 0 Å². The molecule has 250 valence electrons. The smallest absolute Gasteiger partial charge is 0.136 e. The molecule has 0 N–H and O–H groups in total. The zero-order chi connectivity index (χ0) is 35.3. The lowest BCUT2D eigenvalue weighted by atomic mass is 9.82. The molecule has 0 saturated carbocycles. The van der Waals surface area contributed by atoms with Crippen molar-refractivity contribution in [3.05, 3.63) is 187 Å². The first-order valence-electron chi connectivity index (χ1n) is 18.4. The highest BCUT2D eigenvalue weighted by Gasteiger charge is 2.35. The van der Waals surface area contributed by atoms with Crippen LogP contribution in [0.2, 0.25) is 0 Å². The molecule has 1 heterocycles. The van der Waals surface area contributed by atoms with Crippen molar-refractivity contribution in [2.45, 2.75) is 19.3 Å². The first kappa shape index (κ1) is 30.0. The van der Waals surface area contributed by atoms with Crippen LogP contribution in [0.3, 0.4) is 0 Å². The van der Waals surface area contributed by atoms with Crippen LogP contribution in [0, 0.1) is 0 Å². The van der Waals surface area contributed by atoms with Crippen LogP contribution in [0.1, 0.15) is 25.0 Å². The molecule has 0 amide bonds.